The molecule has 0 saturated carbocycles. The number of pyridine rings is 1. The molecule has 1 unspecified atom stereocenters. The number of hydrogen-bond donors (Lipinski definition) is 1. The summed E-state index contributed by atoms with van der Waals surface area (Å²) >= 11 is 6.44. The van der Waals surface area contributed by atoms with Crippen molar-refractivity contribution in [3.63, 3.8) is 0 Å². The molecule has 3 nitrogen and oxygen atoms in total. The minimum Gasteiger partial charge on any atom is -0.383 e. The van der Waals surface area contributed by atoms with Crippen LogP contribution in [0.25, 0.3) is 16.7 Å². The van der Waals surface area contributed by atoms with Crippen LogP contribution in [0.15, 0.2) is 61.3 Å². The van der Waals surface area contributed by atoms with Crippen LogP contribution in [-0.2, 0) is 6.42 Å². The zero-order chi connectivity index (χ0) is 28.1. The van der Waals surface area contributed by atoms with E-state index in [1.165, 1.54) is 56.4 Å². The highest BCUT2D eigenvalue weighted by Gasteiger charge is 2.15. The molecule has 4 heteroatoms. The molecule has 1 fully saturated rings. The average molecular weight is 530 g/mol. The average Bonchev–Trinajstić information content (AvgIpc) is 3.44. The third-order valence-corrected chi connectivity index (χ3v) is 7.36. The molecule has 2 heterocycles. The first-order valence-corrected chi connectivity index (χ1v) is 14.0. The second kappa shape index (κ2) is 16.0. The van der Waals surface area contributed by atoms with Gasteiger partial charge >= 0.3 is 0 Å². The zero-order valence-electron chi connectivity index (χ0n) is 23.6. The van der Waals surface area contributed by atoms with Crippen LogP contribution in [-0.4, -0.2) is 29.5 Å². The largest absolute Gasteiger partial charge is 0.383 e. The van der Waals surface area contributed by atoms with Crippen molar-refractivity contribution in [2.75, 3.05) is 25.4 Å². The lowest BCUT2D eigenvalue weighted by Gasteiger charge is -2.18. The van der Waals surface area contributed by atoms with Crippen LogP contribution < -0.4 is 5.73 Å². The third kappa shape index (κ3) is 9.05. The number of nitrogen functional groups attached to an aromatic ring is 1. The number of unbranched alkanes of at least 4 members (excludes halogenated alkanes) is 1. The predicted molar refractivity (Wildman–Crippen MR) is 168 cm³/mol. The second-order valence-corrected chi connectivity index (χ2v) is 10.5. The second-order valence-electron chi connectivity index (χ2n) is 10.1. The summed E-state index contributed by atoms with van der Waals surface area (Å²) < 4.78 is 0. The minimum absolute atomic E-state index is 0.254. The quantitative estimate of drug-likeness (QED) is 0.296. The molecule has 202 valence electrons. The summed E-state index contributed by atoms with van der Waals surface area (Å²) in [5.41, 5.74) is 14.0. The summed E-state index contributed by atoms with van der Waals surface area (Å²) in [5, 5.41) is 0.806. The van der Waals surface area contributed by atoms with Gasteiger partial charge in [-0.3, -0.25) is 0 Å². The van der Waals surface area contributed by atoms with Crippen molar-refractivity contribution in [1.82, 2.24) is 9.88 Å². The van der Waals surface area contributed by atoms with Gasteiger partial charge in [-0.15, -0.1) is 12.8 Å². The van der Waals surface area contributed by atoms with Gasteiger partial charge in [-0.05, 0) is 105 Å². The lowest BCUT2D eigenvalue weighted by Crippen LogP contribution is -2.19. The Morgan fingerprint density at radius 2 is 1.76 bits per heavy atom. The Hall–Kier alpha value is -3.06. The van der Waals surface area contributed by atoms with E-state index in [4.69, 9.17) is 17.3 Å². The Labute approximate surface area is 236 Å². The van der Waals surface area contributed by atoms with Crippen LogP contribution in [0, 0.1) is 19.8 Å². The fraction of sp³-hybridized carbons (Fsp3) is 0.382. The summed E-state index contributed by atoms with van der Waals surface area (Å²) in [4.78, 5) is 7.00. The van der Waals surface area contributed by atoms with E-state index in [1.807, 2.05) is 25.3 Å². The summed E-state index contributed by atoms with van der Waals surface area (Å²) in [7, 11) is 0. The number of allylic oxidation sites excluding steroid dienone is 1. The van der Waals surface area contributed by atoms with E-state index in [0.717, 1.165) is 39.3 Å². The monoisotopic (exact) mass is 529 g/mol. The van der Waals surface area contributed by atoms with Gasteiger partial charge in [0.1, 0.15) is 5.82 Å². The van der Waals surface area contributed by atoms with Crippen LogP contribution in [0.3, 0.4) is 0 Å². The Morgan fingerprint density at radius 3 is 2.34 bits per heavy atom. The number of likely N-dealkylation sites (tertiary alicyclic amines) is 1. The normalized spacial score (nSPS) is 13.6. The molecular weight excluding hydrogens is 486 g/mol. The van der Waals surface area contributed by atoms with Gasteiger partial charge in [0.2, 0.25) is 0 Å². The number of anilines is 1. The van der Waals surface area contributed by atoms with Crippen molar-refractivity contribution in [3.05, 3.63) is 88.6 Å². The first-order valence-electron chi connectivity index (χ1n) is 13.6. The Bertz CT molecular complexity index is 1150. The predicted octanol–water partition coefficient (Wildman–Crippen LogP) is 8.80. The summed E-state index contributed by atoms with van der Waals surface area (Å²) in [6.45, 7) is 16.6. The van der Waals surface area contributed by atoms with Gasteiger partial charge in [-0.2, -0.15) is 0 Å². The van der Waals surface area contributed by atoms with Gasteiger partial charge in [0.15, 0.2) is 0 Å². The van der Waals surface area contributed by atoms with Crippen molar-refractivity contribution >= 4 is 23.0 Å². The maximum absolute atomic E-state index is 6.44. The van der Waals surface area contributed by atoms with Crippen LogP contribution in [0.2, 0.25) is 5.02 Å². The number of hydrogen-bond acceptors (Lipinski definition) is 3. The maximum Gasteiger partial charge on any atom is 0.126 e. The van der Waals surface area contributed by atoms with Crippen molar-refractivity contribution in [3.8, 4) is 24.0 Å². The van der Waals surface area contributed by atoms with Crippen LogP contribution in [0.5, 0.6) is 0 Å². The van der Waals surface area contributed by atoms with E-state index >= 15 is 0 Å². The van der Waals surface area contributed by atoms with E-state index < -0.39 is 0 Å². The molecule has 0 amide bonds. The number of aromatic nitrogens is 1. The molecule has 1 atom stereocenters. The Balaban J connectivity index is 0.000000387. The molecule has 2 N–H and O–H groups in total. The number of nitrogens with two attached hydrogens (primary N) is 1. The fourth-order valence-electron chi connectivity index (χ4n) is 4.88. The van der Waals surface area contributed by atoms with Gasteiger partial charge in [-0.1, -0.05) is 80.4 Å². The molecular formula is C34H44ClN3. The topological polar surface area (TPSA) is 42.1 Å². The highest BCUT2D eigenvalue weighted by atomic mass is 35.5. The molecule has 0 bridgehead atoms. The molecule has 0 spiro atoms. The van der Waals surface area contributed by atoms with Gasteiger partial charge in [-0.25, -0.2) is 4.98 Å². The minimum atomic E-state index is 0.254. The van der Waals surface area contributed by atoms with E-state index in [2.05, 4.69) is 86.5 Å². The first-order chi connectivity index (χ1) is 18.3. The van der Waals surface area contributed by atoms with Crippen LogP contribution >= 0.6 is 11.6 Å². The van der Waals surface area contributed by atoms with Gasteiger partial charge in [0.05, 0.1) is 0 Å². The number of halogens is 1. The van der Waals surface area contributed by atoms with E-state index in [0.29, 0.717) is 5.82 Å². The van der Waals surface area contributed by atoms with E-state index in [9.17, 15) is 0 Å². The number of benzene rings is 2. The molecule has 0 radical (unpaired) electrons. The molecule has 38 heavy (non-hydrogen) atoms. The highest BCUT2D eigenvalue weighted by Crippen LogP contribution is 2.32. The van der Waals surface area contributed by atoms with Crippen molar-refractivity contribution < 1.29 is 0 Å². The van der Waals surface area contributed by atoms with Crippen LogP contribution in [0.4, 0.5) is 5.82 Å². The Morgan fingerprint density at radius 1 is 1.11 bits per heavy atom. The number of nitrogens with zero attached hydrogens (tertiary/aromatic N) is 2. The summed E-state index contributed by atoms with van der Waals surface area (Å²) in [6.07, 6.45) is 16.2. The zero-order valence-corrected chi connectivity index (χ0v) is 24.4. The summed E-state index contributed by atoms with van der Waals surface area (Å²) in [6, 6.07) is 16.5. The first kappa shape index (κ1) is 31.2. The fourth-order valence-corrected chi connectivity index (χ4v) is 5.29. The lowest BCUT2D eigenvalue weighted by molar-refractivity contribution is 0.332. The van der Waals surface area contributed by atoms with Crippen LogP contribution in [0.1, 0.15) is 74.6 Å². The highest BCUT2D eigenvalue weighted by molar-refractivity contribution is 6.31. The van der Waals surface area contributed by atoms with E-state index in [-0.39, 0.29) is 5.92 Å². The SMILES string of the molecule is C#C.C=C(C)c1ccc(-c2cnc(N)c(CC(C)c3c(C)cccc3Cl)c2)cc1.CCCCN1CCCC1. The Kier molecular flexibility index (Phi) is 13.1. The molecule has 1 saturated heterocycles. The van der Waals surface area contributed by atoms with Crippen molar-refractivity contribution in [2.45, 2.75) is 65.7 Å². The molecule has 2 aromatic carbocycles. The molecule has 1 aromatic heterocycles. The molecule has 1 aliphatic heterocycles. The molecule has 3 aromatic rings. The standard InChI is InChI=1S/C24H25ClN2.C8H17N.C2H2/c1-15(2)18-8-10-19(11-9-18)21-13-20(24(26)27-14-21)12-17(4)23-16(3)6-5-7-22(23)25;1-2-3-6-9-7-4-5-8-9;1-2/h5-11,13-14,17H,1,12H2,2-4H3,(H2,26,27);2-8H2,1H3;1-2H. The smallest absolute Gasteiger partial charge is 0.126 e. The van der Waals surface area contributed by atoms with Gasteiger partial charge in [0.25, 0.3) is 0 Å². The summed E-state index contributed by atoms with van der Waals surface area (Å²) in [5.74, 6) is 0.831. The number of rotatable bonds is 8. The third-order valence-electron chi connectivity index (χ3n) is 7.03. The van der Waals surface area contributed by atoms with Gasteiger partial charge < -0.3 is 10.6 Å². The molecule has 4 rings (SSSR count). The molecule has 0 aliphatic carbocycles. The maximum atomic E-state index is 6.44. The van der Waals surface area contributed by atoms with Crippen molar-refractivity contribution in [1.29, 1.82) is 0 Å². The number of aryl methyl sites for hydroxylation is 1. The van der Waals surface area contributed by atoms with Gasteiger partial charge in [0, 0.05) is 16.8 Å². The van der Waals surface area contributed by atoms with E-state index in [1.54, 1.807) is 0 Å². The number of terminal acetylenes is 1. The lowest BCUT2D eigenvalue weighted by atomic mass is 9.90. The van der Waals surface area contributed by atoms with Crippen molar-refractivity contribution in [2.24, 2.45) is 0 Å². The molecule has 1 aliphatic rings.